The average Bonchev–Trinajstić information content (AvgIpc) is 2.62. The number of aromatic nitrogens is 1. The lowest BCUT2D eigenvalue weighted by atomic mass is 10.3. The fraction of sp³-hybridized carbons (Fsp3) is 0.727. The van der Waals surface area contributed by atoms with E-state index >= 15 is 0 Å². The van der Waals surface area contributed by atoms with E-state index in [2.05, 4.69) is 23.1 Å². The zero-order valence-electron chi connectivity index (χ0n) is 10.9. The van der Waals surface area contributed by atoms with Gasteiger partial charge >= 0.3 is 0 Å². The van der Waals surface area contributed by atoms with Gasteiger partial charge in [-0.05, 0) is 32.3 Å². The zero-order chi connectivity index (χ0) is 12.8. The monoisotopic (exact) mass is 259 g/mol. The van der Waals surface area contributed by atoms with Crippen molar-refractivity contribution in [2.24, 2.45) is 0 Å². The fourth-order valence-corrected chi connectivity index (χ4v) is 2.45. The third-order valence-electron chi connectivity index (χ3n) is 2.37. The van der Waals surface area contributed by atoms with Crippen LogP contribution in [0.3, 0.4) is 0 Å². The second kappa shape index (κ2) is 6.66. The van der Waals surface area contributed by atoms with E-state index < -0.39 is 0 Å². The highest BCUT2D eigenvalue weighted by atomic mass is 32.1. The predicted octanol–water partition coefficient (Wildman–Crippen LogP) is 1.99. The van der Waals surface area contributed by atoms with Crippen molar-refractivity contribution >= 4 is 22.4 Å². The minimum Gasteiger partial charge on any atom is -0.487 e. The molecular weight excluding hydrogens is 238 g/mol. The van der Waals surface area contributed by atoms with Crippen LogP contribution in [0.2, 0.25) is 0 Å². The summed E-state index contributed by atoms with van der Waals surface area (Å²) in [6.45, 7) is 8.25. The van der Waals surface area contributed by atoms with Crippen LogP contribution in [-0.2, 0) is 4.74 Å². The highest BCUT2D eigenvalue weighted by molar-refractivity contribution is 7.11. The first-order valence-electron chi connectivity index (χ1n) is 5.75. The Morgan fingerprint density at radius 2 is 2.18 bits per heavy atom. The molecule has 0 amide bonds. The molecule has 0 spiro atoms. The molecule has 1 heterocycles. The Hall–Kier alpha value is -1.01. The van der Waals surface area contributed by atoms with Gasteiger partial charge in [0.2, 0.25) is 0 Å². The molecule has 0 aliphatic rings. The van der Waals surface area contributed by atoms with Crippen LogP contribution in [-0.4, -0.2) is 37.3 Å². The van der Waals surface area contributed by atoms with Crippen molar-refractivity contribution in [2.45, 2.75) is 26.8 Å². The Balaban J connectivity index is 2.92. The summed E-state index contributed by atoms with van der Waals surface area (Å²) in [5, 5.41) is 0.983. The number of nitrogen functional groups attached to an aromatic ring is 1. The molecule has 5 nitrogen and oxygen atoms in total. The lowest BCUT2D eigenvalue weighted by Crippen LogP contribution is -2.33. The number of methoxy groups -OCH3 is 1. The topological polar surface area (TPSA) is 60.6 Å². The van der Waals surface area contributed by atoms with Gasteiger partial charge in [0.1, 0.15) is 0 Å². The summed E-state index contributed by atoms with van der Waals surface area (Å²) >= 11 is 1.37. The standard InChI is InChI=1S/C11H21N3O2S/c1-5-16-9-10(12)13-17-11(9)14(8(2)3)6-7-15-4/h8H,5-7H2,1-4H3,(H2,12,13). The Labute approximate surface area is 107 Å². The van der Waals surface area contributed by atoms with Crippen LogP contribution in [0.1, 0.15) is 20.8 Å². The van der Waals surface area contributed by atoms with Crippen LogP contribution in [0.25, 0.3) is 0 Å². The maximum atomic E-state index is 5.81. The van der Waals surface area contributed by atoms with Crippen LogP contribution in [0.15, 0.2) is 0 Å². The molecule has 0 aromatic carbocycles. The van der Waals surface area contributed by atoms with Crippen molar-refractivity contribution in [3.63, 3.8) is 0 Å². The maximum absolute atomic E-state index is 5.81. The van der Waals surface area contributed by atoms with Crippen molar-refractivity contribution in [1.82, 2.24) is 4.37 Å². The number of hydrogen-bond donors (Lipinski definition) is 1. The molecule has 0 aliphatic heterocycles. The van der Waals surface area contributed by atoms with Crippen molar-refractivity contribution in [3.05, 3.63) is 0 Å². The SMILES string of the molecule is CCOc1c(N)nsc1N(CCOC)C(C)C. The van der Waals surface area contributed by atoms with E-state index in [1.54, 1.807) is 7.11 Å². The molecule has 0 aliphatic carbocycles. The molecule has 0 saturated carbocycles. The van der Waals surface area contributed by atoms with Crippen LogP contribution in [0.4, 0.5) is 10.8 Å². The van der Waals surface area contributed by atoms with Gasteiger partial charge in [-0.1, -0.05) is 0 Å². The summed E-state index contributed by atoms with van der Waals surface area (Å²) in [5.41, 5.74) is 5.81. The number of anilines is 2. The lowest BCUT2D eigenvalue weighted by molar-refractivity contribution is 0.203. The molecular formula is C11H21N3O2S. The highest BCUT2D eigenvalue weighted by Crippen LogP contribution is 2.39. The van der Waals surface area contributed by atoms with Gasteiger partial charge < -0.3 is 20.1 Å². The van der Waals surface area contributed by atoms with E-state index in [1.165, 1.54) is 11.5 Å². The molecule has 2 N–H and O–H groups in total. The minimum absolute atomic E-state index is 0.351. The summed E-state index contributed by atoms with van der Waals surface area (Å²) < 4.78 is 14.8. The van der Waals surface area contributed by atoms with E-state index in [4.69, 9.17) is 15.2 Å². The maximum Gasteiger partial charge on any atom is 0.197 e. The van der Waals surface area contributed by atoms with Crippen molar-refractivity contribution in [3.8, 4) is 5.75 Å². The van der Waals surface area contributed by atoms with E-state index in [1.807, 2.05) is 6.92 Å². The number of rotatable bonds is 7. The molecule has 0 bridgehead atoms. The number of ether oxygens (including phenoxy) is 2. The van der Waals surface area contributed by atoms with Crippen LogP contribution >= 0.6 is 11.5 Å². The Bertz CT molecular complexity index is 341. The zero-order valence-corrected chi connectivity index (χ0v) is 11.7. The normalized spacial score (nSPS) is 10.9. The molecule has 1 aromatic rings. The van der Waals surface area contributed by atoms with Gasteiger partial charge in [-0.2, -0.15) is 4.37 Å². The lowest BCUT2D eigenvalue weighted by Gasteiger charge is -2.27. The Kier molecular flexibility index (Phi) is 5.50. The van der Waals surface area contributed by atoms with Gasteiger partial charge in [0.25, 0.3) is 0 Å². The van der Waals surface area contributed by atoms with Crippen molar-refractivity contribution in [1.29, 1.82) is 0 Å². The Morgan fingerprint density at radius 3 is 2.71 bits per heavy atom. The fourth-order valence-electron chi connectivity index (χ4n) is 1.53. The Morgan fingerprint density at radius 1 is 1.47 bits per heavy atom. The number of nitrogens with zero attached hydrogens (tertiary/aromatic N) is 2. The van der Waals surface area contributed by atoms with E-state index in [0.29, 0.717) is 30.8 Å². The molecule has 17 heavy (non-hydrogen) atoms. The van der Waals surface area contributed by atoms with Gasteiger partial charge in [-0.3, -0.25) is 0 Å². The number of nitrogens with two attached hydrogens (primary N) is 1. The predicted molar refractivity (Wildman–Crippen MR) is 72.1 cm³/mol. The highest BCUT2D eigenvalue weighted by Gasteiger charge is 2.20. The third-order valence-corrected chi connectivity index (χ3v) is 3.25. The molecule has 0 fully saturated rings. The van der Waals surface area contributed by atoms with E-state index in [-0.39, 0.29) is 0 Å². The number of hydrogen-bond acceptors (Lipinski definition) is 6. The third kappa shape index (κ3) is 3.47. The molecule has 0 radical (unpaired) electrons. The summed E-state index contributed by atoms with van der Waals surface area (Å²) in [7, 11) is 1.70. The van der Waals surface area contributed by atoms with Crippen LogP contribution in [0, 0.1) is 0 Å². The van der Waals surface area contributed by atoms with Crippen LogP contribution < -0.4 is 15.4 Å². The molecule has 0 unspecified atom stereocenters. The summed E-state index contributed by atoms with van der Waals surface area (Å²) in [6.07, 6.45) is 0. The van der Waals surface area contributed by atoms with Gasteiger partial charge in [-0.25, -0.2) is 0 Å². The minimum atomic E-state index is 0.351. The van der Waals surface area contributed by atoms with Crippen molar-refractivity contribution in [2.75, 3.05) is 37.5 Å². The second-order valence-corrected chi connectivity index (χ2v) is 4.67. The molecule has 1 rings (SSSR count). The second-order valence-electron chi connectivity index (χ2n) is 3.92. The van der Waals surface area contributed by atoms with Crippen molar-refractivity contribution < 1.29 is 9.47 Å². The summed E-state index contributed by atoms with van der Waals surface area (Å²) in [6, 6.07) is 0.351. The average molecular weight is 259 g/mol. The quantitative estimate of drug-likeness (QED) is 0.811. The van der Waals surface area contributed by atoms with E-state index in [9.17, 15) is 0 Å². The van der Waals surface area contributed by atoms with Crippen LogP contribution in [0.5, 0.6) is 5.75 Å². The first kappa shape index (κ1) is 14.1. The molecule has 0 saturated heterocycles. The summed E-state index contributed by atoms with van der Waals surface area (Å²) in [5.74, 6) is 1.16. The summed E-state index contributed by atoms with van der Waals surface area (Å²) in [4.78, 5) is 2.20. The molecule has 1 aromatic heterocycles. The van der Waals surface area contributed by atoms with Gasteiger partial charge in [-0.15, -0.1) is 0 Å². The molecule has 0 atom stereocenters. The largest absolute Gasteiger partial charge is 0.487 e. The molecule has 6 heteroatoms. The molecule has 98 valence electrons. The smallest absolute Gasteiger partial charge is 0.197 e. The van der Waals surface area contributed by atoms with Gasteiger partial charge in [0, 0.05) is 19.7 Å². The van der Waals surface area contributed by atoms with Gasteiger partial charge in [0.15, 0.2) is 16.6 Å². The first-order chi connectivity index (χ1) is 8.11. The first-order valence-corrected chi connectivity index (χ1v) is 6.52. The van der Waals surface area contributed by atoms with Gasteiger partial charge in [0.05, 0.1) is 13.2 Å². The van der Waals surface area contributed by atoms with E-state index in [0.717, 1.165) is 11.5 Å².